The summed E-state index contributed by atoms with van der Waals surface area (Å²) in [4.78, 5) is 27.8. The summed E-state index contributed by atoms with van der Waals surface area (Å²) in [5.41, 5.74) is 3.48. The van der Waals surface area contributed by atoms with E-state index >= 15 is 0 Å². The standard InChI is InChI=1S/C20H19N3O2S/c1-14-5-3-4-6-18(14)23-12-11-21-20(23)26-13-19(25)22-17-9-7-16(8-10-17)15(2)24/h3-12H,13H2,1-2H3,(H,22,25). The topological polar surface area (TPSA) is 64.0 Å². The summed E-state index contributed by atoms with van der Waals surface area (Å²) in [5, 5.41) is 3.60. The number of amides is 1. The van der Waals surface area contributed by atoms with E-state index < -0.39 is 0 Å². The number of aryl methyl sites for hydroxylation is 1. The molecule has 132 valence electrons. The van der Waals surface area contributed by atoms with E-state index in [1.807, 2.05) is 42.0 Å². The lowest BCUT2D eigenvalue weighted by atomic mass is 10.1. The molecule has 3 rings (SSSR count). The number of carbonyl (C=O) groups excluding carboxylic acids is 2. The highest BCUT2D eigenvalue weighted by Gasteiger charge is 2.11. The van der Waals surface area contributed by atoms with Crippen LogP contribution in [0.4, 0.5) is 5.69 Å². The first kappa shape index (κ1) is 17.9. The molecule has 0 radical (unpaired) electrons. The highest BCUT2D eigenvalue weighted by Crippen LogP contribution is 2.22. The van der Waals surface area contributed by atoms with Gasteiger partial charge in [0, 0.05) is 23.6 Å². The number of nitrogens with one attached hydrogen (secondary N) is 1. The van der Waals surface area contributed by atoms with Gasteiger partial charge in [-0.25, -0.2) is 4.98 Å². The van der Waals surface area contributed by atoms with Crippen LogP contribution < -0.4 is 5.32 Å². The number of hydrogen-bond donors (Lipinski definition) is 1. The molecule has 6 heteroatoms. The SMILES string of the molecule is CC(=O)c1ccc(NC(=O)CSc2nccn2-c2ccccc2C)cc1. The van der Waals surface area contributed by atoms with E-state index in [2.05, 4.69) is 10.3 Å². The molecule has 0 unspecified atom stereocenters. The fourth-order valence-electron chi connectivity index (χ4n) is 2.53. The molecule has 0 atom stereocenters. The zero-order chi connectivity index (χ0) is 18.5. The molecule has 1 aromatic heterocycles. The van der Waals surface area contributed by atoms with E-state index in [9.17, 15) is 9.59 Å². The Balaban J connectivity index is 1.63. The molecule has 0 saturated carbocycles. The number of anilines is 1. The van der Waals surface area contributed by atoms with Gasteiger partial charge < -0.3 is 5.32 Å². The molecule has 3 aromatic rings. The predicted octanol–water partition coefficient (Wildman–Crippen LogP) is 4.11. The third-order valence-electron chi connectivity index (χ3n) is 3.89. The molecule has 0 aliphatic heterocycles. The molecule has 0 bridgehead atoms. The van der Waals surface area contributed by atoms with Crippen LogP contribution in [0.2, 0.25) is 0 Å². The van der Waals surface area contributed by atoms with E-state index in [1.165, 1.54) is 18.7 Å². The average molecular weight is 365 g/mol. The fraction of sp³-hybridized carbons (Fsp3) is 0.150. The Morgan fingerprint density at radius 2 is 1.85 bits per heavy atom. The number of Topliss-reactive ketones (excluding diaryl/α,β-unsaturated/α-hetero) is 1. The number of carbonyl (C=O) groups is 2. The largest absolute Gasteiger partial charge is 0.325 e. The number of nitrogens with zero attached hydrogens (tertiary/aromatic N) is 2. The highest BCUT2D eigenvalue weighted by atomic mass is 32.2. The lowest BCUT2D eigenvalue weighted by Crippen LogP contribution is -2.14. The quantitative estimate of drug-likeness (QED) is 0.527. The number of ketones is 1. The summed E-state index contributed by atoms with van der Waals surface area (Å²) in [7, 11) is 0. The number of imidazole rings is 1. The normalized spacial score (nSPS) is 10.5. The zero-order valence-electron chi connectivity index (χ0n) is 14.6. The Labute approximate surface area is 156 Å². The highest BCUT2D eigenvalue weighted by molar-refractivity contribution is 7.99. The number of hydrogen-bond acceptors (Lipinski definition) is 4. The van der Waals surface area contributed by atoms with Gasteiger partial charge in [0.15, 0.2) is 10.9 Å². The number of para-hydroxylation sites is 1. The van der Waals surface area contributed by atoms with E-state index in [-0.39, 0.29) is 17.4 Å². The Kier molecular flexibility index (Phi) is 5.53. The van der Waals surface area contributed by atoms with E-state index in [1.54, 1.807) is 30.5 Å². The molecule has 0 spiro atoms. The molecule has 1 amide bonds. The Morgan fingerprint density at radius 3 is 2.54 bits per heavy atom. The van der Waals surface area contributed by atoms with Crippen LogP contribution in [0.25, 0.3) is 5.69 Å². The maximum Gasteiger partial charge on any atom is 0.234 e. The van der Waals surface area contributed by atoms with Crippen molar-refractivity contribution < 1.29 is 9.59 Å². The summed E-state index contributed by atoms with van der Waals surface area (Å²) in [5.74, 6) is 0.128. The van der Waals surface area contributed by atoms with Gasteiger partial charge in [-0.3, -0.25) is 14.2 Å². The summed E-state index contributed by atoms with van der Waals surface area (Å²) in [6, 6.07) is 14.9. The van der Waals surface area contributed by atoms with Crippen LogP contribution in [0.15, 0.2) is 66.1 Å². The van der Waals surface area contributed by atoms with Crippen molar-refractivity contribution in [3.05, 3.63) is 72.1 Å². The Morgan fingerprint density at radius 1 is 1.12 bits per heavy atom. The van der Waals surface area contributed by atoms with Crippen molar-refractivity contribution in [2.45, 2.75) is 19.0 Å². The van der Waals surface area contributed by atoms with Crippen LogP contribution in [-0.2, 0) is 4.79 Å². The first-order valence-corrected chi connectivity index (χ1v) is 9.16. The second-order valence-electron chi connectivity index (χ2n) is 5.84. The van der Waals surface area contributed by atoms with Gasteiger partial charge in [0.05, 0.1) is 11.4 Å². The molecule has 0 saturated heterocycles. The van der Waals surface area contributed by atoms with Crippen molar-refractivity contribution in [2.24, 2.45) is 0 Å². The van der Waals surface area contributed by atoms with Crippen molar-refractivity contribution >= 4 is 29.1 Å². The van der Waals surface area contributed by atoms with Gasteiger partial charge in [-0.05, 0) is 49.7 Å². The van der Waals surface area contributed by atoms with Crippen molar-refractivity contribution in [3.8, 4) is 5.69 Å². The van der Waals surface area contributed by atoms with Crippen LogP contribution >= 0.6 is 11.8 Å². The zero-order valence-corrected chi connectivity index (χ0v) is 15.4. The Bertz CT molecular complexity index is 932. The first-order valence-electron chi connectivity index (χ1n) is 8.17. The summed E-state index contributed by atoms with van der Waals surface area (Å²) < 4.78 is 1.98. The Hall–Kier alpha value is -2.86. The average Bonchev–Trinajstić information content (AvgIpc) is 3.09. The molecule has 26 heavy (non-hydrogen) atoms. The minimum atomic E-state index is -0.120. The molecule has 5 nitrogen and oxygen atoms in total. The summed E-state index contributed by atoms with van der Waals surface area (Å²) >= 11 is 1.38. The monoisotopic (exact) mass is 365 g/mol. The van der Waals surface area contributed by atoms with Crippen LogP contribution in [0.3, 0.4) is 0 Å². The second kappa shape index (κ2) is 8.01. The van der Waals surface area contributed by atoms with Crippen molar-refractivity contribution in [1.29, 1.82) is 0 Å². The van der Waals surface area contributed by atoms with E-state index in [4.69, 9.17) is 0 Å². The fourth-order valence-corrected chi connectivity index (χ4v) is 3.30. The smallest absolute Gasteiger partial charge is 0.234 e. The molecular weight excluding hydrogens is 346 g/mol. The van der Waals surface area contributed by atoms with Gasteiger partial charge in [-0.2, -0.15) is 0 Å². The van der Waals surface area contributed by atoms with Gasteiger partial charge in [0.25, 0.3) is 0 Å². The first-order chi connectivity index (χ1) is 12.5. The molecule has 2 aromatic carbocycles. The molecule has 0 fully saturated rings. The second-order valence-corrected chi connectivity index (χ2v) is 6.78. The molecule has 0 aliphatic carbocycles. The number of rotatable bonds is 6. The lowest BCUT2D eigenvalue weighted by molar-refractivity contribution is -0.113. The van der Waals surface area contributed by atoms with Crippen LogP contribution in [-0.4, -0.2) is 27.0 Å². The van der Waals surface area contributed by atoms with Crippen molar-refractivity contribution in [1.82, 2.24) is 9.55 Å². The number of benzene rings is 2. The third kappa shape index (κ3) is 4.21. The minimum absolute atomic E-state index is 0.00136. The van der Waals surface area contributed by atoms with Crippen LogP contribution in [0.5, 0.6) is 0 Å². The van der Waals surface area contributed by atoms with Gasteiger partial charge >= 0.3 is 0 Å². The molecule has 1 heterocycles. The van der Waals surface area contributed by atoms with Gasteiger partial charge in [0.2, 0.25) is 5.91 Å². The van der Waals surface area contributed by atoms with Crippen molar-refractivity contribution in [3.63, 3.8) is 0 Å². The summed E-state index contributed by atoms with van der Waals surface area (Å²) in [6.07, 6.45) is 3.62. The molecular formula is C20H19N3O2S. The van der Waals surface area contributed by atoms with Gasteiger partial charge in [-0.15, -0.1) is 0 Å². The number of aromatic nitrogens is 2. The van der Waals surface area contributed by atoms with E-state index in [0.717, 1.165) is 16.4 Å². The van der Waals surface area contributed by atoms with Gasteiger partial charge in [-0.1, -0.05) is 30.0 Å². The molecule has 1 N–H and O–H groups in total. The maximum atomic E-state index is 12.2. The van der Waals surface area contributed by atoms with Crippen LogP contribution in [0.1, 0.15) is 22.8 Å². The third-order valence-corrected chi connectivity index (χ3v) is 4.86. The molecule has 0 aliphatic rings. The maximum absolute atomic E-state index is 12.2. The van der Waals surface area contributed by atoms with Crippen molar-refractivity contribution in [2.75, 3.05) is 11.1 Å². The predicted molar refractivity (Wildman–Crippen MR) is 104 cm³/mol. The van der Waals surface area contributed by atoms with Gasteiger partial charge in [0.1, 0.15) is 0 Å². The lowest BCUT2D eigenvalue weighted by Gasteiger charge is -2.10. The number of thioether (sulfide) groups is 1. The van der Waals surface area contributed by atoms with Crippen LogP contribution in [0, 0.1) is 6.92 Å². The summed E-state index contributed by atoms with van der Waals surface area (Å²) in [6.45, 7) is 3.56. The minimum Gasteiger partial charge on any atom is -0.325 e. The van der Waals surface area contributed by atoms with E-state index in [0.29, 0.717) is 11.3 Å².